The molecule has 3 N–H and O–H groups in total. The fourth-order valence-corrected chi connectivity index (χ4v) is 2.77. The van der Waals surface area contributed by atoms with E-state index in [1.807, 2.05) is 17.6 Å². The van der Waals surface area contributed by atoms with Crippen molar-refractivity contribution in [3.05, 3.63) is 45.9 Å². The lowest BCUT2D eigenvalue weighted by atomic mass is 9.84. The maximum atomic E-state index is 5.73. The molecule has 0 fully saturated rings. The predicted molar refractivity (Wildman–Crippen MR) is 82.4 cm³/mol. The number of hydrogen-bond acceptors (Lipinski definition) is 4. The summed E-state index contributed by atoms with van der Waals surface area (Å²) in [5, 5.41) is 3.52. The van der Waals surface area contributed by atoms with Crippen LogP contribution < -0.4 is 11.1 Å². The van der Waals surface area contributed by atoms with E-state index in [-0.39, 0.29) is 5.41 Å². The number of rotatable bonds is 5. The van der Waals surface area contributed by atoms with E-state index in [1.165, 1.54) is 10.4 Å². The number of thiazole rings is 1. The highest BCUT2D eigenvalue weighted by molar-refractivity contribution is 7.09. The lowest BCUT2D eigenvalue weighted by Crippen LogP contribution is -2.32. The van der Waals surface area contributed by atoms with Crippen LogP contribution in [0.3, 0.4) is 0 Å². The van der Waals surface area contributed by atoms with Crippen molar-refractivity contribution in [2.24, 2.45) is 0 Å². The Morgan fingerprint density at radius 3 is 2.53 bits per heavy atom. The summed E-state index contributed by atoms with van der Waals surface area (Å²) in [7, 11) is 0. The van der Waals surface area contributed by atoms with Crippen molar-refractivity contribution < 1.29 is 0 Å². The average molecular weight is 275 g/mol. The molecule has 0 aliphatic carbocycles. The summed E-state index contributed by atoms with van der Waals surface area (Å²) in [6.07, 6.45) is 0. The first-order valence-corrected chi connectivity index (χ1v) is 7.33. The summed E-state index contributed by atoms with van der Waals surface area (Å²) >= 11 is 1.71. The van der Waals surface area contributed by atoms with E-state index >= 15 is 0 Å². The zero-order valence-corrected chi connectivity index (χ0v) is 12.6. The number of nitrogens with zero attached hydrogens (tertiary/aromatic N) is 1. The molecule has 0 aliphatic rings. The minimum Gasteiger partial charge on any atom is -0.399 e. The number of hydrogen-bond donors (Lipinski definition) is 2. The molecule has 1 aromatic carbocycles. The largest absolute Gasteiger partial charge is 0.399 e. The number of aryl methyl sites for hydroxylation is 1. The van der Waals surface area contributed by atoms with Gasteiger partial charge in [0.2, 0.25) is 0 Å². The van der Waals surface area contributed by atoms with Crippen molar-refractivity contribution in [3.8, 4) is 0 Å². The SMILES string of the molecule is Cc1ncsc1CNCC(C)(C)c1ccc(N)cc1. The first-order valence-electron chi connectivity index (χ1n) is 6.45. The number of aromatic nitrogens is 1. The Morgan fingerprint density at radius 2 is 1.95 bits per heavy atom. The fourth-order valence-electron chi connectivity index (χ4n) is 2.02. The molecule has 0 amide bonds. The standard InChI is InChI=1S/C15H21N3S/c1-11-14(19-10-18-11)8-17-9-15(2,3)12-4-6-13(16)7-5-12/h4-7,10,17H,8-9,16H2,1-3H3. The highest BCUT2D eigenvalue weighted by Gasteiger charge is 2.20. The van der Waals surface area contributed by atoms with Crippen molar-refractivity contribution >= 4 is 17.0 Å². The molecule has 0 radical (unpaired) electrons. The van der Waals surface area contributed by atoms with Crippen LogP contribution in [0.2, 0.25) is 0 Å². The molecule has 0 bridgehead atoms. The summed E-state index contributed by atoms with van der Waals surface area (Å²) in [6.45, 7) is 8.35. The van der Waals surface area contributed by atoms with Crippen LogP contribution in [0.5, 0.6) is 0 Å². The Kier molecular flexibility index (Phi) is 4.22. The van der Waals surface area contributed by atoms with Crippen LogP contribution in [-0.2, 0) is 12.0 Å². The van der Waals surface area contributed by atoms with Crippen molar-refractivity contribution in [1.29, 1.82) is 0 Å². The Bertz CT molecular complexity index is 529. The van der Waals surface area contributed by atoms with Gasteiger partial charge in [-0.2, -0.15) is 0 Å². The lowest BCUT2D eigenvalue weighted by molar-refractivity contribution is 0.470. The van der Waals surface area contributed by atoms with Crippen LogP contribution in [0.1, 0.15) is 30.0 Å². The van der Waals surface area contributed by atoms with Gasteiger partial charge in [0.15, 0.2) is 0 Å². The third kappa shape index (κ3) is 3.55. The Hall–Kier alpha value is -1.39. The Labute approximate surface area is 118 Å². The molecule has 0 spiro atoms. The predicted octanol–water partition coefficient (Wildman–Crippen LogP) is 3.10. The second-order valence-corrected chi connectivity index (χ2v) is 6.41. The quantitative estimate of drug-likeness (QED) is 0.824. The monoisotopic (exact) mass is 275 g/mol. The number of benzene rings is 1. The van der Waals surface area contributed by atoms with E-state index in [9.17, 15) is 0 Å². The lowest BCUT2D eigenvalue weighted by Gasteiger charge is -2.26. The van der Waals surface area contributed by atoms with Gasteiger partial charge in [-0.3, -0.25) is 0 Å². The van der Waals surface area contributed by atoms with Crippen molar-refractivity contribution in [2.45, 2.75) is 32.7 Å². The van der Waals surface area contributed by atoms with Crippen LogP contribution in [0, 0.1) is 6.92 Å². The highest BCUT2D eigenvalue weighted by atomic mass is 32.1. The zero-order chi connectivity index (χ0) is 13.9. The third-order valence-corrected chi connectivity index (χ3v) is 4.32. The summed E-state index contributed by atoms with van der Waals surface area (Å²) in [5.74, 6) is 0. The molecular formula is C15H21N3S. The van der Waals surface area contributed by atoms with Gasteiger partial charge < -0.3 is 11.1 Å². The smallest absolute Gasteiger partial charge is 0.0798 e. The molecule has 0 saturated carbocycles. The molecule has 3 nitrogen and oxygen atoms in total. The number of nitrogens with two attached hydrogens (primary N) is 1. The molecule has 0 aliphatic heterocycles. The van der Waals surface area contributed by atoms with E-state index in [4.69, 9.17) is 5.73 Å². The average Bonchev–Trinajstić information content (AvgIpc) is 2.75. The summed E-state index contributed by atoms with van der Waals surface area (Å²) in [6, 6.07) is 8.14. The van der Waals surface area contributed by atoms with Crippen molar-refractivity contribution in [2.75, 3.05) is 12.3 Å². The van der Waals surface area contributed by atoms with Crippen LogP contribution in [-0.4, -0.2) is 11.5 Å². The maximum Gasteiger partial charge on any atom is 0.0798 e. The van der Waals surface area contributed by atoms with E-state index in [2.05, 4.69) is 43.2 Å². The molecule has 4 heteroatoms. The van der Waals surface area contributed by atoms with Crippen LogP contribution in [0.4, 0.5) is 5.69 Å². The molecule has 19 heavy (non-hydrogen) atoms. The van der Waals surface area contributed by atoms with Crippen molar-refractivity contribution in [1.82, 2.24) is 10.3 Å². The summed E-state index contributed by atoms with van der Waals surface area (Å²) in [5.41, 5.74) is 11.0. The minimum atomic E-state index is 0.0896. The molecule has 0 saturated heterocycles. The van der Waals surface area contributed by atoms with Crippen LogP contribution in [0.25, 0.3) is 0 Å². The summed E-state index contributed by atoms with van der Waals surface area (Å²) in [4.78, 5) is 5.58. The van der Waals surface area contributed by atoms with Gasteiger partial charge in [-0.05, 0) is 24.6 Å². The van der Waals surface area contributed by atoms with Gasteiger partial charge in [0.05, 0.1) is 11.2 Å². The van der Waals surface area contributed by atoms with Crippen LogP contribution in [0.15, 0.2) is 29.8 Å². The topological polar surface area (TPSA) is 50.9 Å². The molecular weight excluding hydrogens is 254 g/mol. The van der Waals surface area contributed by atoms with Crippen molar-refractivity contribution in [3.63, 3.8) is 0 Å². The first kappa shape index (κ1) is 14.0. The molecule has 102 valence electrons. The van der Waals surface area contributed by atoms with E-state index in [0.29, 0.717) is 0 Å². The second kappa shape index (κ2) is 5.72. The molecule has 0 atom stereocenters. The van der Waals surface area contributed by atoms with Gasteiger partial charge in [0.1, 0.15) is 0 Å². The van der Waals surface area contributed by atoms with Gasteiger partial charge >= 0.3 is 0 Å². The van der Waals surface area contributed by atoms with E-state index in [1.54, 1.807) is 11.3 Å². The van der Waals surface area contributed by atoms with E-state index < -0.39 is 0 Å². The van der Waals surface area contributed by atoms with Gasteiger partial charge in [-0.1, -0.05) is 26.0 Å². The Morgan fingerprint density at radius 1 is 1.26 bits per heavy atom. The van der Waals surface area contributed by atoms with Crippen LogP contribution >= 0.6 is 11.3 Å². The highest BCUT2D eigenvalue weighted by Crippen LogP contribution is 2.23. The molecule has 1 aromatic heterocycles. The molecule has 1 heterocycles. The normalized spacial score (nSPS) is 11.7. The third-order valence-electron chi connectivity index (χ3n) is 3.39. The van der Waals surface area contributed by atoms with Gasteiger partial charge in [-0.15, -0.1) is 11.3 Å². The molecule has 0 unspecified atom stereocenters. The Balaban J connectivity index is 1.94. The van der Waals surface area contributed by atoms with Gasteiger partial charge in [0, 0.05) is 29.1 Å². The maximum absolute atomic E-state index is 5.73. The number of nitrogen functional groups attached to an aromatic ring is 1. The minimum absolute atomic E-state index is 0.0896. The number of anilines is 1. The fraction of sp³-hybridized carbons (Fsp3) is 0.400. The molecule has 2 rings (SSSR count). The van der Waals surface area contributed by atoms with Gasteiger partial charge in [-0.25, -0.2) is 4.98 Å². The first-order chi connectivity index (χ1) is 8.99. The molecule has 2 aromatic rings. The van der Waals surface area contributed by atoms with Gasteiger partial charge in [0.25, 0.3) is 0 Å². The number of nitrogens with one attached hydrogen (secondary N) is 1. The zero-order valence-electron chi connectivity index (χ0n) is 11.7. The second-order valence-electron chi connectivity index (χ2n) is 5.47. The summed E-state index contributed by atoms with van der Waals surface area (Å²) < 4.78 is 0. The van der Waals surface area contributed by atoms with E-state index in [0.717, 1.165) is 24.5 Å².